The first kappa shape index (κ1) is 20.5. The Hall–Kier alpha value is -2.75. The molecule has 4 rings (SSSR count). The van der Waals surface area contributed by atoms with Crippen LogP contribution in [-0.4, -0.2) is 39.4 Å². The van der Waals surface area contributed by atoms with Crippen molar-refractivity contribution in [3.8, 4) is 0 Å². The zero-order valence-electron chi connectivity index (χ0n) is 17.2. The molecule has 0 N–H and O–H groups in total. The zero-order valence-corrected chi connectivity index (χ0v) is 18.1. The number of nitrogens with zero attached hydrogens (tertiary/aromatic N) is 4. The van der Waals surface area contributed by atoms with Crippen molar-refractivity contribution in [1.82, 2.24) is 19.6 Å². The van der Waals surface area contributed by atoms with Crippen molar-refractivity contribution in [2.24, 2.45) is 5.41 Å². The third kappa shape index (κ3) is 5.05. The van der Waals surface area contributed by atoms with Crippen LogP contribution in [0, 0.1) is 5.41 Å². The van der Waals surface area contributed by atoms with Gasteiger partial charge in [-0.1, -0.05) is 60.7 Å². The molecule has 5 nitrogen and oxygen atoms in total. The Kier molecular flexibility index (Phi) is 6.73. The predicted octanol–water partition coefficient (Wildman–Crippen LogP) is 3.55. The second-order valence-electron chi connectivity index (χ2n) is 7.60. The molecule has 0 radical (unpaired) electrons. The van der Waals surface area contributed by atoms with Crippen LogP contribution in [0.3, 0.4) is 0 Å². The van der Waals surface area contributed by atoms with Crippen molar-refractivity contribution in [3.63, 3.8) is 0 Å². The van der Waals surface area contributed by atoms with Crippen molar-refractivity contribution in [3.05, 3.63) is 97.6 Å². The minimum absolute atomic E-state index is 0.163. The molecule has 0 amide bonds. The molecule has 0 aliphatic rings. The largest absolute Gasteiger partial charge is 0.384 e. The lowest BCUT2D eigenvalue weighted by Crippen LogP contribution is -2.41. The van der Waals surface area contributed by atoms with Gasteiger partial charge in [0.1, 0.15) is 0 Å². The normalized spacial score (nSPS) is 11.8. The summed E-state index contributed by atoms with van der Waals surface area (Å²) >= 11 is 0. The molecule has 2 aromatic heterocycles. The Balaban J connectivity index is 1.75. The number of hydrogen-bond donors (Lipinski definition) is 0. The maximum absolute atomic E-state index is 5.81. The van der Waals surface area contributed by atoms with Gasteiger partial charge >= 0.3 is 0 Å². The highest BCUT2D eigenvalue weighted by Crippen LogP contribution is 2.42. The third-order valence-corrected chi connectivity index (χ3v) is 8.02. The average Bonchev–Trinajstić information content (AvgIpc) is 3.48. The number of hydrogen-bond acceptors (Lipinski definition) is 3. The van der Waals surface area contributed by atoms with Gasteiger partial charge < -0.3 is 4.74 Å². The molecule has 0 aliphatic carbocycles. The Morgan fingerprint density at radius 1 is 0.767 bits per heavy atom. The maximum Gasteiger partial charge on any atom is 0.0557 e. The van der Waals surface area contributed by atoms with Crippen LogP contribution in [0.5, 0.6) is 0 Å². The van der Waals surface area contributed by atoms with Crippen LogP contribution in [0.1, 0.15) is 0 Å². The lowest BCUT2D eigenvalue weighted by Gasteiger charge is -2.37. The zero-order chi connectivity index (χ0) is 20.7. The van der Waals surface area contributed by atoms with Crippen LogP contribution in [0.4, 0.5) is 0 Å². The smallest absolute Gasteiger partial charge is 0.0557 e. The van der Waals surface area contributed by atoms with Crippen LogP contribution < -0.4 is 10.6 Å². The molecule has 154 valence electrons. The van der Waals surface area contributed by atoms with Crippen molar-refractivity contribution in [2.45, 2.75) is 13.1 Å². The van der Waals surface area contributed by atoms with E-state index in [2.05, 4.69) is 70.9 Å². The van der Waals surface area contributed by atoms with Crippen LogP contribution in [0.2, 0.25) is 0 Å². The minimum atomic E-state index is -0.576. The van der Waals surface area contributed by atoms with Gasteiger partial charge in [0.2, 0.25) is 0 Å². The molecule has 0 saturated heterocycles. The average molecular weight is 418 g/mol. The van der Waals surface area contributed by atoms with Crippen LogP contribution in [0.15, 0.2) is 97.6 Å². The molecule has 0 atom stereocenters. The molecule has 2 heterocycles. The Morgan fingerprint density at radius 3 is 1.67 bits per heavy atom. The molecule has 4 aromatic rings. The molecule has 0 bridgehead atoms. The van der Waals surface area contributed by atoms with Gasteiger partial charge in [0.25, 0.3) is 0 Å². The second kappa shape index (κ2) is 9.84. The molecular formula is C24H27N4OP. The van der Waals surface area contributed by atoms with Crippen LogP contribution >= 0.6 is 7.92 Å². The molecule has 30 heavy (non-hydrogen) atoms. The van der Waals surface area contributed by atoms with Crippen molar-refractivity contribution in [1.29, 1.82) is 0 Å². The summed E-state index contributed by atoms with van der Waals surface area (Å²) in [6.45, 7) is 2.17. The first-order valence-corrected chi connectivity index (χ1v) is 11.6. The Bertz CT molecular complexity index is 913. The molecule has 0 spiro atoms. The van der Waals surface area contributed by atoms with E-state index < -0.39 is 7.92 Å². The summed E-state index contributed by atoms with van der Waals surface area (Å²) in [6.07, 6.45) is 8.71. The fourth-order valence-corrected chi connectivity index (χ4v) is 6.64. The van der Waals surface area contributed by atoms with E-state index in [4.69, 9.17) is 4.74 Å². The maximum atomic E-state index is 5.81. The number of benzene rings is 2. The predicted molar refractivity (Wildman–Crippen MR) is 123 cm³/mol. The van der Waals surface area contributed by atoms with E-state index >= 15 is 0 Å². The van der Waals surface area contributed by atoms with Gasteiger partial charge in [0.15, 0.2) is 0 Å². The van der Waals surface area contributed by atoms with Gasteiger partial charge in [-0.3, -0.25) is 9.36 Å². The lowest BCUT2D eigenvalue weighted by atomic mass is 9.91. The van der Waals surface area contributed by atoms with E-state index in [0.29, 0.717) is 6.61 Å². The topological polar surface area (TPSA) is 44.9 Å². The summed E-state index contributed by atoms with van der Waals surface area (Å²) in [7, 11) is 1.21. The van der Waals surface area contributed by atoms with Crippen molar-refractivity contribution >= 4 is 18.5 Å². The SMILES string of the molecule is COCC(Cn1cccn1)(Cn1cccn1)CP(c1ccccc1)c1ccccc1. The monoisotopic (exact) mass is 418 g/mol. The van der Waals surface area contributed by atoms with Gasteiger partial charge in [-0.15, -0.1) is 0 Å². The van der Waals surface area contributed by atoms with E-state index in [-0.39, 0.29) is 5.41 Å². The number of methoxy groups -OCH3 is 1. The van der Waals surface area contributed by atoms with Gasteiger partial charge in [-0.2, -0.15) is 10.2 Å². The highest BCUT2D eigenvalue weighted by Gasteiger charge is 2.36. The summed E-state index contributed by atoms with van der Waals surface area (Å²) in [5.41, 5.74) is -0.163. The van der Waals surface area contributed by atoms with Crippen molar-refractivity contribution in [2.75, 3.05) is 19.9 Å². The summed E-state index contributed by atoms with van der Waals surface area (Å²) in [6, 6.07) is 25.6. The molecule has 6 heteroatoms. The summed E-state index contributed by atoms with van der Waals surface area (Å²) in [4.78, 5) is 0. The van der Waals surface area contributed by atoms with E-state index in [0.717, 1.165) is 19.3 Å². The van der Waals surface area contributed by atoms with Crippen molar-refractivity contribution < 1.29 is 4.74 Å². The first-order chi connectivity index (χ1) is 14.8. The summed E-state index contributed by atoms with van der Waals surface area (Å²) in [5.74, 6) is 0. The van der Waals surface area contributed by atoms with Gasteiger partial charge in [0.05, 0.1) is 19.7 Å². The highest BCUT2D eigenvalue weighted by atomic mass is 31.1. The standard InChI is InChI=1S/C24H27N4OP/c1-29-20-24(18-27-16-8-14-25-27,19-28-17-9-15-26-28)21-30(22-10-4-2-5-11-22)23-12-6-3-7-13-23/h2-17H,18-21H2,1H3. The highest BCUT2D eigenvalue weighted by molar-refractivity contribution is 7.73. The minimum Gasteiger partial charge on any atom is -0.384 e. The fraction of sp³-hybridized carbons (Fsp3) is 0.250. The number of aromatic nitrogens is 4. The van der Waals surface area contributed by atoms with Crippen LogP contribution in [-0.2, 0) is 17.8 Å². The van der Waals surface area contributed by atoms with Crippen LogP contribution in [0.25, 0.3) is 0 Å². The van der Waals surface area contributed by atoms with Gasteiger partial charge in [-0.25, -0.2) is 0 Å². The number of ether oxygens (including phenoxy) is 1. The fourth-order valence-electron chi connectivity index (χ4n) is 3.95. The van der Waals surface area contributed by atoms with Gasteiger partial charge in [-0.05, 0) is 36.8 Å². The van der Waals surface area contributed by atoms with E-state index in [9.17, 15) is 0 Å². The molecule has 2 aromatic carbocycles. The van der Waals surface area contributed by atoms with E-state index in [1.54, 1.807) is 7.11 Å². The Labute approximate surface area is 179 Å². The molecular weight excluding hydrogens is 391 g/mol. The number of rotatable bonds is 10. The molecule has 0 aliphatic heterocycles. The molecule has 0 saturated carbocycles. The molecule has 0 unspecified atom stereocenters. The van der Waals surface area contributed by atoms with E-state index in [1.165, 1.54) is 10.6 Å². The summed E-state index contributed by atoms with van der Waals surface area (Å²) < 4.78 is 9.85. The third-order valence-electron chi connectivity index (χ3n) is 5.19. The quantitative estimate of drug-likeness (QED) is 0.370. The first-order valence-electron chi connectivity index (χ1n) is 10.1. The summed E-state index contributed by atoms with van der Waals surface area (Å²) in [5, 5.41) is 11.8. The lowest BCUT2D eigenvalue weighted by molar-refractivity contribution is 0.0625. The second-order valence-corrected chi connectivity index (χ2v) is 9.80. The Morgan fingerprint density at radius 2 is 1.27 bits per heavy atom. The van der Waals surface area contributed by atoms with E-state index in [1.807, 2.05) is 46.3 Å². The molecule has 0 fully saturated rings. The van der Waals surface area contributed by atoms with Gasteiger partial charge in [0, 0.05) is 37.3 Å².